The van der Waals surface area contributed by atoms with E-state index in [2.05, 4.69) is 34.4 Å². The van der Waals surface area contributed by atoms with Crippen LogP contribution in [0, 0.1) is 5.41 Å². The standard InChI is InChI=1S/C27H26N4OS/c1-27(2)15-21-24(23(32)16-27)25(18-9-8-14-28-17-18)31(22-13-7-6-12-20(22)30-21)26(33)29-19-10-4-3-5-11-19/h3-14,17,25,30H,15-16H2,1-2H3,(H,29,33)/t25-/m0/s1. The molecule has 1 atom stereocenters. The maximum absolute atomic E-state index is 13.6. The highest BCUT2D eigenvalue weighted by Crippen LogP contribution is 2.48. The number of anilines is 3. The van der Waals surface area contributed by atoms with Gasteiger partial charge in [-0.25, -0.2) is 0 Å². The monoisotopic (exact) mass is 454 g/mol. The number of benzene rings is 2. The zero-order chi connectivity index (χ0) is 23.0. The van der Waals surface area contributed by atoms with Crippen LogP contribution in [-0.4, -0.2) is 15.9 Å². The van der Waals surface area contributed by atoms with E-state index in [0.717, 1.165) is 40.3 Å². The van der Waals surface area contributed by atoms with E-state index in [1.165, 1.54) is 0 Å². The molecule has 2 aliphatic rings. The summed E-state index contributed by atoms with van der Waals surface area (Å²) < 4.78 is 0. The van der Waals surface area contributed by atoms with Crippen molar-refractivity contribution in [2.75, 3.05) is 15.5 Å². The molecule has 0 radical (unpaired) electrons. The van der Waals surface area contributed by atoms with Crippen LogP contribution in [0.25, 0.3) is 0 Å². The van der Waals surface area contributed by atoms with Crippen molar-refractivity contribution >= 4 is 40.2 Å². The lowest BCUT2D eigenvalue weighted by Crippen LogP contribution is -2.41. The number of pyridine rings is 1. The quantitative estimate of drug-likeness (QED) is 0.457. The van der Waals surface area contributed by atoms with E-state index in [-0.39, 0.29) is 11.2 Å². The lowest BCUT2D eigenvalue weighted by atomic mass is 9.73. The molecule has 6 heteroatoms. The normalized spacial score (nSPS) is 19.2. The Hall–Kier alpha value is -3.51. The minimum absolute atomic E-state index is 0.116. The molecule has 1 aliphatic heterocycles. The topological polar surface area (TPSA) is 57.3 Å². The number of nitrogens with zero attached hydrogens (tertiary/aromatic N) is 2. The summed E-state index contributed by atoms with van der Waals surface area (Å²) in [5.74, 6) is 0.142. The zero-order valence-electron chi connectivity index (χ0n) is 18.7. The molecule has 0 saturated carbocycles. The van der Waals surface area contributed by atoms with Crippen LogP contribution < -0.4 is 15.5 Å². The van der Waals surface area contributed by atoms with Gasteiger partial charge >= 0.3 is 0 Å². The number of carbonyl (C=O) groups is 1. The summed E-state index contributed by atoms with van der Waals surface area (Å²) in [5.41, 5.74) is 5.27. The first-order valence-corrected chi connectivity index (χ1v) is 11.5. The highest BCUT2D eigenvalue weighted by Gasteiger charge is 2.42. The molecule has 166 valence electrons. The van der Waals surface area contributed by atoms with Gasteiger partial charge < -0.3 is 15.5 Å². The first kappa shape index (κ1) is 21.3. The molecular weight excluding hydrogens is 428 g/mol. The number of aromatic nitrogens is 1. The minimum atomic E-state index is -0.392. The molecular formula is C27H26N4OS. The lowest BCUT2D eigenvalue weighted by molar-refractivity contribution is -0.118. The number of fused-ring (bicyclic) bond motifs is 1. The first-order valence-electron chi connectivity index (χ1n) is 11.1. The number of nitrogens with one attached hydrogen (secondary N) is 2. The van der Waals surface area contributed by atoms with Gasteiger partial charge in [0.1, 0.15) is 0 Å². The molecule has 0 fully saturated rings. The van der Waals surface area contributed by atoms with E-state index in [9.17, 15) is 4.79 Å². The van der Waals surface area contributed by atoms with Crippen LogP contribution in [0.15, 0.2) is 90.4 Å². The Morgan fingerprint density at radius 1 is 1.06 bits per heavy atom. The molecule has 0 saturated heterocycles. The molecule has 0 unspecified atom stereocenters. The maximum Gasteiger partial charge on any atom is 0.178 e. The van der Waals surface area contributed by atoms with Crippen LogP contribution in [0.2, 0.25) is 0 Å². The van der Waals surface area contributed by atoms with Crippen molar-refractivity contribution in [1.29, 1.82) is 0 Å². The van der Waals surface area contributed by atoms with E-state index in [1.807, 2.05) is 72.9 Å². The number of hydrogen-bond acceptors (Lipinski definition) is 4. The Morgan fingerprint density at radius 3 is 2.58 bits per heavy atom. The molecule has 0 amide bonds. The smallest absolute Gasteiger partial charge is 0.178 e. The fourth-order valence-electron chi connectivity index (χ4n) is 4.77. The number of allylic oxidation sites excluding steroid dienone is 1. The third-order valence-corrected chi connectivity index (χ3v) is 6.44. The number of carbonyl (C=O) groups excluding carboxylic acids is 1. The lowest BCUT2D eigenvalue weighted by Gasteiger charge is -2.38. The van der Waals surface area contributed by atoms with Gasteiger partial charge in [0.2, 0.25) is 0 Å². The summed E-state index contributed by atoms with van der Waals surface area (Å²) in [6.45, 7) is 4.29. The molecule has 1 aliphatic carbocycles. The van der Waals surface area contributed by atoms with Crippen LogP contribution in [0.1, 0.15) is 38.3 Å². The summed E-state index contributed by atoms with van der Waals surface area (Å²) in [5, 5.41) is 7.51. The van der Waals surface area contributed by atoms with Gasteiger partial charge in [0.15, 0.2) is 10.9 Å². The van der Waals surface area contributed by atoms with E-state index < -0.39 is 6.04 Å². The summed E-state index contributed by atoms with van der Waals surface area (Å²) >= 11 is 5.98. The predicted octanol–water partition coefficient (Wildman–Crippen LogP) is 6.10. The van der Waals surface area contributed by atoms with Gasteiger partial charge in [0.05, 0.1) is 17.4 Å². The van der Waals surface area contributed by atoms with Crippen LogP contribution in [-0.2, 0) is 4.79 Å². The largest absolute Gasteiger partial charge is 0.357 e. The van der Waals surface area contributed by atoms with Gasteiger partial charge in [0, 0.05) is 35.8 Å². The molecule has 2 heterocycles. The Labute approximate surface area is 199 Å². The Bertz CT molecular complexity index is 1240. The first-order chi connectivity index (χ1) is 15.9. The van der Waals surface area contributed by atoms with Crippen LogP contribution in [0.3, 0.4) is 0 Å². The molecule has 2 N–H and O–H groups in total. The molecule has 5 rings (SSSR count). The zero-order valence-corrected chi connectivity index (χ0v) is 19.5. The van der Waals surface area contributed by atoms with Crippen molar-refractivity contribution in [3.63, 3.8) is 0 Å². The van der Waals surface area contributed by atoms with Crippen molar-refractivity contribution in [2.45, 2.75) is 32.7 Å². The molecule has 1 aromatic heterocycles. The molecule has 2 aromatic carbocycles. The third kappa shape index (κ3) is 4.14. The number of para-hydroxylation sites is 3. The van der Waals surface area contributed by atoms with Crippen molar-refractivity contribution in [2.24, 2.45) is 5.41 Å². The molecule has 0 bridgehead atoms. The SMILES string of the molecule is CC1(C)CC(=O)C2=C(C1)Nc1ccccc1N(C(=S)Nc1ccccc1)[C@H]2c1cccnc1. The highest BCUT2D eigenvalue weighted by molar-refractivity contribution is 7.80. The van der Waals surface area contributed by atoms with Gasteiger partial charge in [-0.2, -0.15) is 0 Å². The van der Waals surface area contributed by atoms with Crippen molar-refractivity contribution < 1.29 is 4.79 Å². The van der Waals surface area contributed by atoms with E-state index in [4.69, 9.17) is 12.2 Å². The van der Waals surface area contributed by atoms with Gasteiger partial charge in [-0.3, -0.25) is 9.78 Å². The molecule has 0 spiro atoms. The second kappa shape index (κ2) is 8.45. The Morgan fingerprint density at radius 2 is 1.82 bits per heavy atom. The molecule has 33 heavy (non-hydrogen) atoms. The maximum atomic E-state index is 13.6. The third-order valence-electron chi connectivity index (χ3n) is 6.14. The number of thiocarbonyl (C=S) groups is 1. The summed E-state index contributed by atoms with van der Waals surface area (Å²) in [7, 11) is 0. The second-order valence-electron chi connectivity index (χ2n) is 9.33. The highest BCUT2D eigenvalue weighted by atomic mass is 32.1. The van der Waals surface area contributed by atoms with Crippen molar-refractivity contribution in [3.05, 3.63) is 96.0 Å². The molecule has 3 aromatic rings. The number of ketones is 1. The predicted molar refractivity (Wildman–Crippen MR) is 137 cm³/mol. The van der Waals surface area contributed by atoms with Gasteiger partial charge in [0.25, 0.3) is 0 Å². The van der Waals surface area contributed by atoms with Gasteiger partial charge in [-0.05, 0) is 59.9 Å². The fourth-order valence-corrected chi connectivity index (χ4v) is 5.09. The number of rotatable bonds is 2. The van der Waals surface area contributed by atoms with Gasteiger partial charge in [-0.1, -0.05) is 50.2 Å². The van der Waals surface area contributed by atoms with Crippen LogP contribution in [0.5, 0.6) is 0 Å². The van der Waals surface area contributed by atoms with Gasteiger partial charge in [-0.15, -0.1) is 0 Å². The van der Waals surface area contributed by atoms with E-state index in [0.29, 0.717) is 11.5 Å². The average Bonchev–Trinajstić information content (AvgIpc) is 2.94. The van der Waals surface area contributed by atoms with Crippen molar-refractivity contribution in [3.8, 4) is 0 Å². The average molecular weight is 455 g/mol. The summed E-state index contributed by atoms with van der Waals surface area (Å²) in [4.78, 5) is 20.1. The van der Waals surface area contributed by atoms with E-state index >= 15 is 0 Å². The summed E-state index contributed by atoms with van der Waals surface area (Å²) in [6, 6.07) is 21.5. The summed E-state index contributed by atoms with van der Waals surface area (Å²) in [6.07, 6.45) is 4.85. The minimum Gasteiger partial charge on any atom is -0.357 e. The Balaban J connectivity index is 1.71. The molecule has 5 nitrogen and oxygen atoms in total. The fraction of sp³-hybridized carbons (Fsp3) is 0.222. The second-order valence-corrected chi connectivity index (χ2v) is 9.72. The number of hydrogen-bond donors (Lipinski definition) is 2. The van der Waals surface area contributed by atoms with Crippen LogP contribution in [0.4, 0.5) is 17.1 Å². The Kier molecular flexibility index (Phi) is 5.46. The number of Topliss-reactive ketones (excluding diaryl/α,β-unsaturated/α-hetero) is 1. The van der Waals surface area contributed by atoms with E-state index in [1.54, 1.807) is 6.20 Å². The van der Waals surface area contributed by atoms with Crippen LogP contribution >= 0.6 is 12.2 Å². The van der Waals surface area contributed by atoms with Crippen molar-refractivity contribution in [1.82, 2.24) is 4.98 Å².